The van der Waals surface area contributed by atoms with E-state index < -0.39 is 0 Å². The summed E-state index contributed by atoms with van der Waals surface area (Å²) in [6, 6.07) is 19.1. The molecule has 0 saturated heterocycles. The van der Waals surface area contributed by atoms with E-state index in [9.17, 15) is 0 Å². The second kappa shape index (κ2) is 5.68. The van der Waals surface area contributed by atoms with Crippen LogP contribution in [-0.4, -0.2) is 4.57 Å². The molecule has 100 valence electrons. The Balaban J connectivity index is 1.80. The van der Waals surface area contributed by atoms with E-state index in [0.29, 0.717) is 0 Å². The Hall–Kier alpha value is -1.80. The number of aryl methyl sites for hydroxylation is 1. The van der Waals surface area contributed by atoms with E-state index in [-0.39, 0.29) is 0 Å². The van der Waals surface area contributed by atoms with Crippen molar-refractivity contribution in [1.82, 2.24) is 4.57 Å². The molecule has 2 aromatic carbocycles. The fourth-order valence-electron chi connectivity index (χ4n) is 2.43. The lowest BCUT2D eigenvalue weighted by atomic mass is 10.2. The second-order valence-corrected chi connectivity index (χ2v) is 5.83. The monoisotopic (exact) mass is 325 g/mol. The Morgan fingerprint density at radius 1 is 1.05 bits per heavy atom. The third-order valence-corrected chi connectivity index (χ3v) is 4.09. The molecule has 0 fully saturated rings. The third-order valence-electron chi connectivity index (χ3n) is 3.56. The minimum Gasteiger partial charge on any atom is -0.347 e. The van der Waals surface area contributed by atoms with Gasteiger partial charge < -0.3 is 4.57 Å². The smallest absolute Gasteiger partial charge is 0.0479 e. The molecular weight excluding hydrogens is 310 g/mol. The van der Waals surface area contributed by atoms with Gasteiger partial charge in [0.1, 0.15) is 0 Å². The largest absolute Gasteiger partial charge is 0.347 e. The van der Waals surface area contributed by atoms with Crippen molar-refractivity contribution < 1.29 is 0 Å². The Kier molecular flexibility index (Phi) is 3.75. The van der Waals surface area contributed by atoms with E-state index in [2.05, 4.69) is 94.3 Å². The maximum atomic E-state index is 3.45. The first-order valence-corrected chi connectivity index (χ1v) is 7.49. The van der Waals surface area contributed by atoms with Gasteiger partial charge in [0, 0.05) is 29.2 Å². The van der Waals surface area contributed by atoms with Crippen molar-refractivity contribution in [3.8, 4) is 0 Å². The summed E-state index contributed by atoms with van der Waals surface area (Å²) in [7, 11) is 2.13. The quantitative estimate of drug-likeness (QED) is 0.624. The van der Waals surface area contributed by atoms with E-state index in [1.54, 1.807) is 0 Å². The predicted molar refractivity (Wildman–Crippen MR) is 89.8 cm³/mol. The number of benzene rings is 2. The molecule has 0 radical (unpaired) electrons. The van der Waals surface area contributed by atoms with Crippen LogP contribution in [0, 0.1) is 0 Å². The van der Waals surface area contributed by atoms with Crippen LogP contribution in [0.2, 0.25) is 0 Å². The molecule has 0 amide bonds. The second-order valence-electron chi connectivity index (χ2n) is 4.91. The summed E-state index contributed by atoms with van der Waals surface area (Å²) < 4.78 is 3.38. The van der Waals surface area contributed by atoms with Crippen molar-refractivity contribution in [3.63, 3.8) is 0 Å². The lowest BCUT2D eigenvalue weighted by molar-refractivity contribution is 0.890. The zero-order chi connectivity index (χ0) is 13.9. The normalized spacial score (nSPS) is 11.5. The van der Waals surface area contributed by atoms with Crippen LogP contribution in [0.5, 0.6) is 0 Å². The van der Waals surface area contributed by atoms with Crippen LogP contribution in [0.3, 0.4) is 0 Å². The van der Waals surface area contributed by atoms with Crippen LogP contribution >= 0.6 is 15.9 Å². The molecule has 0 saturated carbocycles. The van der Waals surface area contributed by atoms with E-state index in [4.69, 9.17) is 0 Å². The highest BCUT2D eigenvalue weighted by Crippen LogP contribution is 2.19. The van der Waals surface area contributed by atoms with Crippen LogP contribution in [0.1, 0.15) is 11.3 Å². The molecule has 0 N–H and O–H groups in total. The minimum atomic E-state index is 0.946. The summed E-state index contributed by atoms with van der Waals surface area (Å²) in [6.07, 6.45) is 5.34. The van der Waals surface area contributed by atoms with E-state index >= 15 is 0 Å². The van der Waals surface area contributed by atoms with Crippen molar-refractivity contribution in [2.24, 2.45) is 7.05 Å². The number of hydrogen-bond acceptors (Lipinski definition) is 0. The van der Waals surface area contributed by atoms with Gasteiger partial charge in [-0.2, -0.15) is 0 Å². The molecule has 1 heterocycles. The topological polar surface area (TPSA) is 4.93 Å². The predicted octanol–water partition coefficient (Wildman–Crippen LogP) is 5.20. The molecule has 0 spiro atoms. The van der Waals surface area contributed by atoms with Gasteiger partial charge in [-0.3, -0.25) is 0 Å². The summed E-state index contributed by atoms with van der Waals surface area (Å²) in [6.45, 7) is 0. The number of nitrogens with zero attached hydrogens (tertiary/aromatic N) is 1. The molecule has 1 nitrogen and oxygen atoms in total. The van der Waals surface area contributed by atoms with Crippen molar-refractivity contribution in [1.29, 1.82) is 0 Å². The van der Waals surface area contributed by atoms with Gasteiger partial charge >= 0.3 is 0 Å². The highest BCUT2D eigenvalue weighted by Gasteiger charge is 2.02. The molecule has 0 aliphatic rings. The van der Waals surface area contributed by atoms with Gasteiger partial charge in [-0.15, -0.1) is 0 Å². The highest BCUT2D eigenvalue weighted by molar-refractivity contribution is 9.10. The zero-order valence-corrected chi connectivity index (χ0v) is 13.0. The number of para-hydroxylation sites is 1. The Bertz CT molecular complexity index is 751. The molecule has 0 aliphatic heterocycles. The summed E-state index contributed by atoms with van der Waals surface area (Å²) in [4.78, 5) is 0. The maximum Gasteiger partial charge on any atom is 0.0479 e. The number of halogens is 1. The van der Waals surface area contributed by atoms with Crippen LogP contribution in [0.15, 0.2) is 65.1 Å². The molecular formula is C18H16BrN. The van der Waals surface area contributed by atoms with Gasteiger partial charge in [0.2, 0.25) is 0 Å². The number of fused-ring (bicyclic) bond motifs is 1. The fourth-order valence-corrected chi connectivity index (χ4v) is 2.70. The van der Waals surface area contributed by atoms with Crippen molar-refractivity contribution in [2.45, 2.75) is 6.42 Å². The van der Waals surface area contributed by atoms with E-state index in [1.807, 2.05) is 0 Å². The first-order valence-electron chi connectivity index (χ1n) is 6.69. The van der Waals surface area contributed by atoms with Crippen molar-refractivity contribution in [2.75, 3.05) is 0 Å². The molecule has 0 atom stereocenters. The van der Waals surface area contributed by atoms with Gasteiger partial charge in [-0.1, -0.05) is 58.4 Å². The molecule has 0 bridgehead atoms. The highest BCUT2D eigenvalue weighted by atomic mass is 79.9. The Morgan fingerprint density at radius 3 is 2.55 bits per heavy atom. The maximum absolute atomic E-state index is 3.45. The zero-order valence-electron chi connectivity index (χ0n) is 11.4. The minimum absolute atomic E-state index is 0.946. The number of allylic oxidation sites excluding steroid dienone is 1. The van der Waals surface area contributed by atoms with Crippen LogP contribution in [0.25, 0.3) is 17.0 Å². The van der Waals surface area contributed by atoms with Crippen molar-refractivity contribution in [3.05, 3.63) is 76.4 Å². The molecule has 20 heavy (non-hydrogen) atoms. The van der Waals surface area contributed by atoms with Gasteiger partial charge in [0.25, 0.3) is 0 Å². The van der Waals surface area contributed by atoms with Crippen molar-refractivity contribution >= 4 is 32.9 Å². The number of rotatable bonds is 3. The molecule has 0 aliphatic carbocycles. The van der Waals surface area contributed by atoms with E-state index in [0.717, 1.165) is 10.9 Å². The van der Waals surface area contributed by atoms with E-state index in [1.165, 1.54) is 22.2 Å². The molecule has 2 heteroatoms. The lowest BCUT2D eigenvalue weighted by Crippen LogP contribution is -1.93. The van der Waals surface area contributed by atoms with Crippen LogP contribution in [-0.2, 0) is 13.5 Å². The summed E-state index contributed by atoms with van der Waals surface area (Å²) in [5.74, 6) is 0. The summed E-state index contributed by atoms with van der Waals surface area (Å²) in [5.41, 5.74) is 3.85. The standard InChI is InChI=1S/C18H16BrN/c1-20-17(13-15-6-2-3-8-18(15)20)7-4-5-14-9-11-16(19)12-10-14/h2-6,8-13H,7H2,1H3/b5-4-. The number of aromatic nitrogens is 1. The Labute approximate surface area is 127 Å². The third kappa shape index (κ3) is 2.70. The SMILES string of the molecule is Cn1c(C/C=C\c2ccc(Br)cc2)cc2ccccc21. The summed E-state index contributed by atoms with van der Waals surface area (Å²) in [5, 5.41) is 1.31. The first kappa shape index (κ1) is 13.2. The van der Waals surface area contributed by atoms with Crippen LogP contribution < -0.4 is 0 Å². The van der Waals surface area contributed by atoms with Gasteiger partial charge in [0.15, 0.2) is 0 Å². The van der Waals surface area contributed by atoms with Crippen LogP contribution in [0.4, 0.5) is 0 Å². The first-order chi connectivity index (χ1) is 9.74. The van der Waals surface area contributed by atoms with Gasteiger partial charge in [-0.05, 0) is 35.2 Å². The molecule has 3 rings (SSSR count). The average molecular weight is 326 g/mol. The van der Waals surface area contributed by atoms with Gasteiger partial charge in [-0.25, -0.2) is 0 Å². The number of hydrogen-bond donors (Lipinski definition) is 0. The Morgan fingerprint density at radius 2 is 1.80 bits per heavy atom. The molecule has 0 unspecified atom stereocenters. The molecule has 3 aromatic rings. The average Bonchev–Trinajstić information content (AvgIpc) is 2.78. The van der Waals surface area contributed by atoms with Gasteiger partial charge in [0.05, 0.1) is 0 Å². The lowest BCUT2D eigenvalue weighted by Gasteiger charge is -2.01. The fraction of sp³-hybridized carbons (Fsp3) is 0.111. The summed E-state index contributed by atoms with van der Waals surface area (Å²) >= 11 is 3.45. The molecule has 1 aromatic heterocycles.